The zero-order valence-corrected chi connectivity index (χ0v) is 17.1. The first-order valence-electron chi connectivity index (χ1n) is 9.66. The molecule has 5 nitrogen and oxygen atoms in total. The Labute approximate surface area is 166 Å². The molecule has 2 aliphatic rings. The third-order valence-corrected chi connectivity index (χ3v) is 7.67. The predicted molar refractivity (Wildman–Crippen MR) is 112 cm³/mol. The lowest BCUT2D eigenvalue weighted by molar-refractivity contribution is 0.193. The quantitative estimate of drug-likeness (QED) is 0.575. The van der Waals surface area contributed by atoms with Crippen LogP contribution in [0.3, 0.4) is 0 Å². The summed E-state index contributed by atoms with van der Waals surface area (Å²) < 4.78 is 33.5. The highest BCUT2D eigenvalue weighted by Gasteiger charge is 2.64. The van der Waals surface area contributed by atoms with Crippen LogP contribution < -0.4 is 5.01 Å². The number of para-hydroxylation sites is 2. The van der Waals surface area contributed by atoms with Crippen molar-refractivity contribution in [1.82, 2.24) is 0 Å². The molecule has 2 atom stereocenters. The summed E-state index contributed by atoms with van der Waals surface area (Å²) in [6, 6.07) is 19.7. The van der Waals surface area contributed by atoms with Crippen LogP contribution in [0, 0.1) is 16.7 Å². The molecule has 2 aliphatic carbocycles. The minimum Gasteiger partial charge on any atom is -0.286 e. The maximum Gasteiger partial charge on any atom is 0.265 e. The number of benzene rings is 2. The van der Waals surface area contributed by atoms with Gasteiger partial charge in [0, 0.05) is 11.1 Å². The average molecular weight is 399 g/mol. The van der Waals surface area contributed by atoms with E-state index in [-0.39, 0.29) is 11.2 Å². The van der Waals surface area contributed by atoms with Gasteiger partial charge in [0.1, 0.15) is 0 Å². The maximum absolute atomic E-state index is 11.9. The topological polar surface area (TPSA) is 70.0 Å². The van der Waals surface area contributed by atoms with E-state index in [0.717, 1.165) is 36.3 Å². The third-order valence-electron chi connectivity index (χ3n) is 6.82. The summed E-state index contributed by atoms with van der Waals surface area (Å²) in [4.78, 5) is 0. The van der Waals surface area contributed by atoms with Crippen LogP contribution in [0.15, 0.2) is 65.8 Å². The lowest BCUT2D eigenvalue weighted by atomic mass is 9.70. The normalized spacial score (nSPS) is 27.2. The van der Waals surface area contributed by atoms with Crippen molar-refractivity contribution in [2.45, 2.75) is 33.1 Å². The second kappa shape index (κ2) is 6.71. The standard InChI is InChI=1S/C22H26N2O3S/c1-21(2)17-13-14-22(21,16-28(25,26)27)20(15-17)23-24(18-9-5-3-6-10-18)19-11-7-4-8-12-19/h3-12,17H,13-16H2,1-2H3,(H,25,26,27). The lowest BCUT2D eigenvalue weighted by Gasteiger charge is -2.38. The molecule has 1 N–H and O–H groups in total. The maximum atomic E-state index is 11.9. The predicted octanol–water partition coefficient (Wildman–Crippen LogP) is 4.89. The summed E-state index contributed by atoms with van der Waals surface area (Å²) >= 11 is 0. The van der Waals surface area contributed by atoms with Crippen molar-refractivity contribution in [2.24, 2.45) is 21.8 Å². The van der Waals surface area contributed by atoms with E-state index in [1.807, 2.05) is 65.7 Å². The summed E-state index contributed by atoms with van der Waals surface area (Å²) in [5.74, 6) is 0.112. The zero-order chi connectivity index (χ0) is 20.0. The van der Waals surface area contributed by atoms with Gasteiger partial charge >= 0.3 is 0 Å². The van der Waals surface area contributed by atoms with Crippen molar-refractivity contribution in [3.8, 4) is 0 Å². The molecule has 0 amide bonds. The van der Waals surface area contributed by atoms with E-state index < -0.39 is 15.5 Å². The fraction of sp³-hybridized carbons (Fsp3) is 0.409. The van der Waals surface area contributed by atoms with Gasteiger partial charge in [-0.25, -0.2) is 5.01 Å². The van der Waals surface area contributed by atoms with E-state index >= 15 is 0 Å². The molecule has 0 radical (unpaired) electrons. The fourth-order valence-corrected chi connectivity index (χ4v) is 6.42. The van der Waals surface area contributed by atoms with E-state index in [0.29, 0.717) is 5.92 Å². The van der Waals surface area contributed by atoms with Crippen LogP contribution in [0.25, 0.3) is 0 Å². The first kappa shape index (κ1) is 19.2. The van der Waals surface area contributed by atoms with Gasteiger partial charge in [-0.3, -0.25) is 4.55 Å². The van der Waals surface area contributed by atoms with Gasteiger partial charge in [0.05, 0.1) is 17.1 Å². The molecule has 0 heterocycles. The molecule has 2 unspecified atom stereocenters. The first-order chi connectivity index (χ1) is 13.2. The van der Waals surface area contributed by atoms with Crippen LogP contribution in [0.4, 0.5) is 11.4 Å². The summed E-state index contributed by atoms with van der Waals surface area (Å²) in [5.41, 5.74) is 1.86. The minimum atomic E-state index is -4.12. The molecule has 0 spiro atoms. The van der Waals surface area contributed by atoms with Gasteiger partial charge in [-0.15, -0.1) is 0 Å². The number of hydrogen-bond donors (Lipinski definition) is 1. The monoisotopic (exact) mass is 398 g/mol. The first-order valence-corrected chi connectivity index (χ1v) is 11.3. The van der Waals surface area contributed by atoms with E-state index in [4.69, 9.17) is 5.10 Å². The van der Waals surface area contributed by atoms with Crippen molar-refractivity contribution >= 4 is 27.2 Å². The van der Waals surface area contributed by atoms with E-state index in [9.17, 15) is 13.0 Å². The SMILES string of the molecule is CC1(C)C2CCC1(CS(=O)(=O)O)C(=NN(c1ccccc1)c1ccccc1)C2. The molecule has 148 valence electrons. The molecule has 2 bridgehead atoms. The van der Waals surface area contributed by atoms with Crippen LogP contribution in [-0.4, -0.2) is 24.4 Å². The van der Waals surface area contributed by atoms with Crippen LogP contribution in [0.5, 0.6) is 0 Å². The van der Waals surface area contributed by atoms with Gasteiger partial charge in [-0.05, 0) is 54.9 Å². The zero-order valence-electron chi connectivity index (χ0n) is 16.2. The van der Waals surface area contributed by atoms with Gasteiger partial charge < -0.3 is 0 Å². The Morgan fingerprint density at radius 3 is 2.04 bits per heavy atom. The Hall–Kier alpha value is -2.18. The molecule has 2 saturated carbocycles. The highest BCUT2D eigenvalue weighted by atomic mass is 32.2. The van der Waals surface area contributed by atoms with Crippen LogP contribution in [0.1, 0.15) is 33.1 Å². The van der Waals surface area contributed by atoms with Gasteiger partial charge in [-0.1, -0.05) is 50.2 Å². The summed E-state index contributed by atoms with van der Waals surface area (Å²) in [6.07, 6.45) is 2.47. The minimum absolute atomic E-state index is 0.222. The number of hydrogen-bond acceptors (Lipinski definition) is 4. The summed E-state index contributed by atoms with van der Waals surface area (Å²) in [5, 5.41) is 6.91. The van der Waals surface area contributed by atoms with Crippen molar-refractivity contribution in [3.05, 3.63) is 60.7 Å². The molecular formula is C22H26N2O3S. The number of anilines is 2. The van der Waals surface area contributed by atoms with E-state index in [1.54, 1.807) is 0 Å². The van der Waals surface area contributed by atoms with Gasteiger partial charge in [0.15, 0.2) is 0 Å². The second-order valence-corrected chi connectivity index (χ2v) is 9.95. The molecule has 28 heavy (non-hydrogen) atoms. The highest BCUT2D eigenvalue weighted by Crippen LogP contribution is 2.64. The summed E-state index contributed by atoms with van der Waals surface area (Å²) in [7, 11) is -4.12. The van der Waals surface area contributed by atoms with Crippen molar-refractivity contribution < 1.29 is 13.0 Å². The largest absolute Gasteiger partial charge is 0.286 e. The molecule has 4 rings (SSSR count). The van der Waals surface area contributed by atoms with Crippen molar-refractivity contribution in [1.29, 1.82) is 0 Å². The molecule has 2 aromatic carbocycles. The number of hydrazone groups is 1. The second-order valence-electron chi connectivity index (χ2n) is 8.50. The average Bonchev–Trinajstić information content (AvgIpc) is 3.01. The molecule has 0 saturated heterocycles. The lowest BCUT2D eigenvalue weighted by Crippen LogP contribution is -2.42. The Morgan fingerprint density at radius 1 is 1.04 bits per heavy atom. The Morgan fingerprint density at radius 2 is 1.57 bits per heavy atom. The molecule has 2 aromatic rings. The molecule has 2 fully saturated rings. The van der Waals surface area contributed by atoms with Crippen LogP contribution in [-0.2, 0) is 10.1 Å². The smallest absolute Gasteiger partial charge is 0.265 e. The highest BCUT2D eigenvalue weighted by molar-refractivity contribution is 7.85. The molecule has 0 aromatic heterocycles. The number of fused-ring (bicyclic) bond motifs is 2. The number of rotatable bonds is 5. The van der Waals surface area contributed by atoms with Crippen molar-refractivity contribution in [2.75, 3.05) is 10.8 Å². The van der Waals surface area contributed by atoms with Gasteiger partial charge in [-0.2, -0.15) is 13.5 Å². The molecular weight excluding hydrogens is 372 g/mol. The van der Waals surface area contributed by atoms with Crippen LogP contribution in [0.2, 0.25) is 0 Å². The Balaban J connectivity index is 1.84. The number of nitrogens with zero attached hydrogens (tertiary/aromatic N) is 2. The van der Waals surface area contributed by atoms with Gasteiger partial charge in [0.2, 0.25) is 0 Å². The Kier molecular flexibility index (Phi) is 4.59. The van der Waals surface area contributed by atoms with Crippen LogP contribution >= 0.6 is 0 Å². The molecule has 0 aliphatic heterocycles. The van der Waals surface area contributed by atoms with Crippen molar-refractivity contribution in [3.63, 3.8) is 0 Å². The van der Waals surface area contributed by atoms with E-state index in [1.165, 1.54) is 0 Å². The van der Waals surface area contributed by atoms with Gasteiger partial charge in [0.25, 0.3) is 10.1 Å². The van der Waals surface area contributed by atoms with E-state index in [2.05, 4.69) is 13.8 Å². The Bertz CT molecular complexity index is 947. The summed E-state index contributed by atoms with van der Waals surface area (Å²) in [6.45, 7) is 4.24. The fourth-order valence-electron chi connectivity index (χ4n) is 5.11. The third kappa shape index (κ3) is 3.14. The molecule has 6 heteroatoms.